The Bertz CT molecular complexity index is 546. The average molecular weight is 261 g/mol. The molecule has 1 aromatic carbocycles. The molecule has 19 heavy (non-hydrogen) atoms. The van der Waals surface area contributed by atoms with Crippen molar-refractivity contribution in [2.75, 3.05) is 0 Å². The SMILES string of the molecule is Cc1cc(F)ccc1Cn1ccc(CNC(C)C)n1. The third-order valence-corrected chi connectivity index (χ3v) is 3.02. The smallest absolute Gasteiger partial charge is 0.123 e. The quantitative estimate of drug-likeness (QED) is 0.897. The molecule has 0 unspecified atom stereocenters. The summed E-state index contributed by atoms with van der Waals surface area (Å²) in [7, 11) is 0. The highest BCUT2D eigenvalue weighted by Crippen LogP contribution is 2.11. The lowest BCUT2D eigenvalue weighted by molar-refractivity contribution is 0.569. The van der Waals surface area contributed by atoms with Crippen molar-refractivity contribution >= 4 is 0 Å². The molecular formula is C15H20FN3. The summed E-state index contributed by atoms with van der Waals surface area (Å²) in [6.45, 7) is 7.59. The number of hydrogen-bond acceptors (Lipinski definition) is 2. The molecule has 1 heterocycles. The second kappa shape index (κ2) is 5.97. The molecule has 3 nitrogen and oxygen atoms in total. The van der Waals surface area contributed by atoms with Gasteiger partial charge in [-0.1, -0.05) is 19.9 Å². The van der Waals surface area contributed by atoms with Gasteiger partial charge in [0.25, 0.3) is 0 Å². The Balaban J connectivity index is 2.03. The van der Waals surface area contributed by atoms with Gasteiger partial charge in [-0.2, -0.15) is 5.10 Å². The molecule has 102 valence electrons. The fourth-order valence-corrected chi connectivity index (χ4v) is 1.91. The van der Waals surface area contributed by atoms with Crippen LogP contribution in [0.2, 0.25) is 0 Å². The standard InChI is InChI=1S/C15H20FN3/c1-11(2)17-9-15-6-7-19(18-15)10-13-4-5-14(16)8-12(13)3/h4-8,11,17H,9-10H2,1-3H3. The Kier molecular flexibility index (Phi) is 4.32. The van der Waals surface area contributed by atoms with Crippen LogP contribution in [0.5, 0.6) is 0 Å². The first-order chi connectivity index (χ1) is 9.04. The zero-order valence-electron chi connectivity index (χ0n) is 11.7. The highest BCUT2D eigenvalue weighted by Gasteiger charge is 2.04. The molecule has 2 rings (SSSR count). The van der Waals surface area contributed by atoms with Gasteiger partial charge in [-0.25, -0.2) is 4.39 Å². The number of aryl methyl sites for hydroxylation is 1. The van der Waals surface area contributed by atoms with Crippen molar-refractivity contribution < 1.29 is 4.39 Å². The van der Waals surface area contributed by atoms with Crippen molar-refractivity contribution in [3.05, 3.63) is 53.1 Å². The number of hydrogen-bond donors (Lipinski definition) is 1. The lowest BCUT2D eigenvalue weighted by atomic mass is 10.1. The minimum absolute atomic E-state index is 0.191. The Morgan fingerprint density at radius 3 is 2.79 bits per heavy atom. The Hall–Kier alpha value is -1.68. The molecule has 0 atom stereocenters. The molecule has 0 saturated heterocycles. The summed E-state index contributed by atoms with van der Waals surface area (Å²) in [5, 5.41) is 7.83. The van der Waals surface area contributed by atoms with Gasteiger partial charge in [0, 0.05) is 18.8 Å². The zero-order valence-corrected chi connectivity index (χ0v) is 11.7. The van der Waals surface area contributed by atoms with Crippen LogP contribution in [0.4, 0.5) is 4.39 Å². The summed E-state index contributed by atoms with van der Waals surface area (Å²) in [6.07, 6.45) is 1.96. The van der Waals surface area contributed by atoms with Crippen LogP contribution >= 0.6 is 0 Å². The summed E-state index contributed by atoms with van der Waals surface area (Å²) >= 11 is 0. The van der Waals surface area contributed by atoms with E-state index in [-0.39, 0.29) is 5.82 Å². The van der Waals surface area contributed by atoms with Crippen LogP contribution in [0.25, 0.3) is 0 Å². The van der Waals surface area contributed by atoms with Crippen molar-refractivity contribution in [3.8, 4) is 0 Å². The van der Waals surface area contributed by atoms with Crippen LogP contribution in [-0.2, 0) is 13.1 Å². The highest BCUT2D eigenvalue weighted by atomic mass is 19.1. The van der Waals surface area contributed by atoms with Gasteiger partial charge in [0.05, 0.1) is 12.2 Å². The molecule has 0 fully saturated rings. The van der Waals surface area contributed by atoms with Crippen LogP contribution in [0.1, 0.15) is 30.7 Å². The topological polar surface area (TPSA) is 29.9 Å². The van der Waals surface area contributed by atoms with Gasteiger partial charge in [0.1, 0.15) is 5.82 Å². The van der Waals surface area contributed by atoms with Crippen LogP contribution in [-0.4, -0.2) is 15.8 Å². The Morgan fingerprint density at radius 1 is 1.32 bits per heavy atom. The first-order valence-electron chi connectivity index (χ1n) is 6.55. The molecule has 0 radical (unpaired) electrons. The van der Waals surface area contributed by atoms with E-state index < -0.39 is 0 Å². The van der Waals surface area contributed by atoms with E-state index in [0.717, 1.165) is 23.4 Å². The predicted octanol–water partition coefficient (Wildman–Crippen LogP) is 2.88. The third kappa shape index (κ3) is 3.89. The summed E-state index contributed by atoms with van der Waals surface area (Å²) in [5.74, 6) is -0.191. The van der Waals surface area contributed by atoms with Gasteiger partial charge in [0.2, 0.25) is 0 Å². The van der Waals surface area contributed by atoms with E-state index in [1.807, 2.05) is 29.9 Å². The number of aromatic nitrogens is 2. The normalized spacial score (nSPS) is 11.2. The van der Waals surface area contributed by atoms with Gasteiger partial charge in [-0.15, -0.1) is 0 Å². The maximum Gasteiger partial charge on any atom is 0.123 e. The van der Waals surface area contributed by atoms with E-state index in [1.165, 1.54) is 6.07 Å². The van der Waals surface area contributed by atoms with Crippen LogP contribution < -0.4 is 5.32 Å². The Labute approximate surface area is 113 Å². The summed E-state index contributed by atoms with van der Waals surface area (Å²) < 4.78 is 14.9. The molecule has 1 N–H and O–H groups in total. The number of rotatable bonds is 5. The zero-order chi connectivity index (χ0) is 13.8. The van der Waals surface area contributed by atoms with Crippen molar-refractivity contribution in [1.82, 2.24) is 15.1 Å². The van der Waals surface area contributed by atoms with E-state index in [1.54, 1.807) is 6.07 Å². The largest absolute Gasteiger partial charge is 0.309 e. The lowest BCUT2D eigenvalue weighted by Gasteiger charge is -2.07. The van der Waals surface area contributed by atoms with Gasteiger partial charge in [-0.05, 0) is 36.2 Å². The van der Waals surface area contributed by atoms with Crippen LogP contribution in [0.15, 0.2) is 30.5 Å². The third-order valence-electron chi connectivity index (χ3n) is 3.02. The number of halogens is 1. The lowest BCUT2D eigenvalue weighted by Crippen LogP contribution is -2.22. The van der Waals surface area contributed by atoms with E-state index in [0.29, 0.717) is 12.6 Å². The van der Waals surface area contributed by atoms with E-state index in [4.69, 9.17) is 0 Å². The van der Waals surface area contributed by atoms with Crippen molar-refractivity contribution in [2.45, 2.75) is 39.9 Å². The maximum absolute atomic E-state index is 13.0. The second-order valence-corrected chi connectivity index (χ2v) is 5.11. The fourth-order valence-electron chi connectivity index (χ4n) is 1.91. The average Bonchev–Trinajstić information content (AvgIpc) is 2.78. The van der Waals surface area contributed by atoms with Crippen molar-refractivity contribution in [2.24, 2.45) is 0 Å². The molecule has 2 aromatic rings. The van der Waals surface area contributed by atoms with Crippen LogP contribution in [0, 0.1) is 12.7 Å². The molecule has 0 aliphatic heterocycles. The molecule has 0 saturated carbocycles. The minimum atomic E-state index is -0.191. The summed E-state index contributed by atoms with van der Waals surface area (Å²) in [6, 6.07) is 7.32. The molecular weight excluding hydrogens is 241 g/mol. The summed E-state index contributed by atoms with van der Waals surface area (Å²) in [4.78, 5) is 0. The first-order valence-corrected chi connectivity index (χ1v) is 6.55. The van der Waals surface area contributed by atoms with Gasteiger partial charge < -0.3 is 5.32 Å². The van der Waals surface area contributed by atoms with E-state index >= 15 is 0 Å². The predicted molar refractivity (Wildman–Crippen MR) is 74.4 cm³/mol. The van der Waals surface area contributed by atoms with Gasteiger partial charge in [-0.3, -0.25) is 4.68 Å². The molecule has 0 aliphatic rings. The molecule has 0 aliphatic carbocycles. The van der Waals surface area contributed by atoms with Gasteiger partial charge >= 0.3 is 0 Å². The number of nitrogens with one attached hydrogen (secondary N) is 1. The fraction of sp³-hybridized carbons (Fsp3) is 0.400. The first kappa shape index (κ1) is 13.7. The van der Waals surface area contributed by atoms with E-state index in [2.05, 4.69) is 24.3 Å². The minimum Gasteiger partial charge on any atom is -0.309 e. The monoisotopic (exact) mass is 261 g/mol. The van der Waals surface area contributed by atoms with Crippen molar-refractivity contribution in [3.63, 3.8) is 0 Å². The molecule has 0 bridgehead atoms. The second-order valence-electron chi connectivity index (χ2n) is 5.11. The van der Waals surface area contributed by atoms with Crippen LogP contribution in [0.3, 0.4) is 0 Å². The molecule has 0 spiro atoms. The van der Waals surface area contributed by atoms with Gasteiger partial charge in [0.15, 0.2) is 0 Å². The molecule has 0 amide bonds. The molecule has 1 aromatic heterocycles. The Morgan fingerprint density at radius 2 is 2.11 bits per heavy atom. The van der Waals surface area contributed by atoms with E-state index in [9.17, 15) is 4.39 Å². The molecule has 4 heteroatoms. The number of nitrogens with zero attached hydrogens (tertiary/aromatic N) is 2. The number of benzene rings is 1. The maximum atomic E-state index is 13.0. The summed E-state index contributed by atoms with van der Waals surface area (Å²) in [5.41, 5.74) is 3.07. The van der Waals surface area contributed by atoms with Crippen molar-refractivity contribution in [1.29, 1.82) is 0 Å². The highest BCUT2D eigenvalue weighted by molar-refractivity contribution is 5.26.